The Bertz CT molecular complexity index is 2540. The first-order chi connectivity index (χ1) is 26.2. The third-order valence-corrected chi connectivity index (χ3v) is 11.0. The molecule has 1 spiro atoms. The van der Waals surface area contributed by atoms with E-state index in [9.17, 15) is 5.41 Å². The summed E-state index contributed by atoms with van der Waals surface area (Å²) < 4.78 is 0. The topological polar surface area (TPSA) is 51.2 Å². The molecule has 10 rings (SSSR count). The average Bonchev–Trinajstić information content (AvgIpc) is 3.52. The molecule has 0 amide bonds. The number of dihydropyridines is 1. The van der Waals surface area contributed by atoms with Crippen LogP contribution in [0, 0.1) is 5.41 Å². The molecule has 4 nitrogen and oxygen atoms in total. The van der Waals surface area contributed by atoms with Crippen LogP contribution in [0.3, 0.4) is 0 Å². The van der Waals surface area contributed by atoms with Gasteiger partial charge in [-0.15, -0.1) is 0 Å². The molecule has 2 heterocycles. The first-order valence-corrected chi connectivity index (χ1v) is 18.1. The predicted octanol–water partition coefficient (Wildman–Crippen LogP) is 10.8. The zero-order valence-corrected chi connectivity index (χ0v) is 29.0. The Morgan fingerprint density at radius 2 is 1.09 bits per heavy atom. The van der Waals surface area contributed by atoms with Gasteiger partial charge in [0, 0.05) is 23.0 Å². The minimum Gasteiger partial charge on any atom is -0.367 e. The summed E-state index contributed by atoms with van der Waals surface area (Å²) in [4.78, 5) is 2.40. The van der Waals surface area contributed by atoms with Gasteiger partial charge in [-0.3, -0.25) is 5.41 Å². The highest BCUT2D eigenvalue weighted by Crippen LogP contribution is 2.63. The van der Waals surface area contributed by atoms with Crippen molar-refractivity contribution in [2.24, 2.45) is 0 Å². The van der Waals surface area contributed by atoms with Gasteiger partial charge in [0.15, 0.2) is 0 Å². The molecule has 3 aliphatic rings. The first-order valence-electron chi connectivity index (χ1n) is 18.1. The number of hydrogen-bond donors (Lipinski definition) is 3. The number of hydrogen-bond acceptors (Lipinski definition) is 3. The van der Waals surface area contributed by atoms with Crippen molar-refractivity contribution < 1.29 is 0 Å². The van der Waals surface area contributed by atoms with E-state index in [0.29, 0.717) is 5.84 Å². The third kappa shape index (κ3) is 4.80. The van der Waals surface area contributed by atoms with Crippen molar-refractivity contribution in [3.05, 3.63) is 233 Å². The molecule has 4 heteroatoms. The second-order valence-corrected chi connectivity index (χ2v) is 13.8. The van der Waals surface area contributed by atoms with Crippen molar-refractivity contribution in [3.8, 4) is 11.1 Å². The molecule has 0 radical (unpaired) electrons. The van der Waals surface area contributed by atoms with Gasteiger partial charge in [-0.05, 0) is 86.5 Å². The zero-order valence-electron chi connectivity index (χ0n) is 29.0. The highest BCUT2D eigenvalue weighted by atomic mass is 15.2. The molecule has 1 atom stereocenters. The summed E-state index contributed by atoms with van der Waals surface area (Å²) in [7, 11) is 0. The second-order valence-electron chi connectivity index (χ2n) is 13.8. The number of allylic oxidation sites excluding steroid dienone is 2. The summed E-state index contributed by atoms with van der Waals surface area (Å²) >= 11 is 0. The summed E-state index contributed by atoms with van der Waals surface area (Å²) in [5.74, 6) is 0.359. The van der Waals surface area contributed by atoms with Gasteiger partial charge in [0.1, 0.15) is 12.0 Å². The smallest absolute Gasteiger partial charge is 0.127 e. The number of para-hydroxylation sites is 3. The van der Waals surface area contributed by atoms with Crippen molar-refractivity contribution in [2.45, 2.75) is 11.6 Å². The fraction of sp³-hybridized carbons (Fsp3) is 0.0408. The molecule has 0 saturated carbocycles. The van der Waals surface area contributed by atoms with E-state index in [0.717, 1.165) is 44.9 Å². The summed E-state index contributed by atoms with van der Waals surface area (Å²) in [6.45, 7) is 0. The van der Waals surface area contributed by atoms with Crippen LogP contribution in [-0.2, 0) is 5.41 Å². The van der Waals surface area contributed by atoms with E-state index >= 15 is 0 Å². The lowest BCUT2D eigenvalue weighted by Crippen LogP contribution is -2.45. The molecule has 1 aliphatic carbocycles. The molecule has 2 aliphatic heterocycles. The van der Waals surface area contributed by atoms with Crippen LogP contribution in [0.5, 0.6) is 0 Å². The van der Waals surface area contributed by atoms with Gasteiger partial charge in [0.05, 0.1) is 16.8 Å². The zero-order chi connectivity index (χ0) is 35.4. The van der Waals surface area contributed by atoms with Crippen LogP contribution in [0.15, 0.2) is 194 Å². The number of anilines is 3. The van der Waals surface area contributed by atoms with Gasteiger partial charge < -0.3 is 15.5 Å². The van der Waals surface area contributed by atoms with Crippen LogP contribution in [-0.4, -0.2) is 12.0 Å². The molecular weight excluding hydrogens is 645 g/mol. The highest BCUT2D eigenvalue weighted by Gasteiger charge is 2.51. The van der Waals surface area contributed by atoms with Gasteiger partial charge in [-0.25, -0.2) is 0 Å². The number of benzene rings is 7. The summed E-state index contributed by atoms with van der Waals surface area (Å²) in [5.41, 5.74) is 15.5. The van der Waals surface area contributed by atoms with Crippen LogP contribution in [0.2, 0.25) is 0 Å². The molecule has 1 unspecified atom stereocenters. The Hall–Kier alpha value is -6.91. The highest BCUT2D eigenvalue weighted by molar-refractivity contribution is 6.02. The molecule has 0 fully saturated rings. The fourth-order valence-electron chi connectivity index (χ4n) is 8.70. The van der Waals surface area contributed by atoms with Gasteiger partial charge in [0.2, 0.25) is 0 Å². The quantitative estimate of drug-likeness (QED) is 0.125. The van der Waals surface area contributed by atoms with Crippen LogP contribution < -0.4 is 15.5 Å². The maximum atomic E-state index is 9.59. The number of fused-ring (bicyclic) bond motifs is 9. The Morgan fingerprint density at radius 1 is 0.547 bits per heavy atom. The van der Waals surface area contributed by atoms with Crippen molar-refractivity contribution >= 4 is 34.0 Å². The van der Waals surface area contributed by atoms with Crippen LogP contribution in [0.1, 0.15) is 38.9 Å². The van der Waals surface area contributed by atoms with E-state index in [4.69, 9.17) is 0 Å². The summed E-state index contributed by atoms with van der Waals surface area (Å²) in [6.07, 6.45) is 3.98. The Balaban J connectivity index is 1.10. The lowest BCUT2D eigenvalue weighted by molar-refractivity contribution is 0.671. The normalized spacial score (nSPS) is 15.9. The number of amidine groups is 1. The van der Waals surface area contributed by atoms with Gasteiger partial charge >= 0.3 is 0 Å². The number of rotatable bonds is 5. The van der Waals surface area contributed by atoms with E-state index in [1.165, 1.54) is 33.4 Å². The van der Waals surface area contributed by atoms with Crippen LogP contribution in [0.4, 0.5) is 17.1 Å². The molecule has 0 saturated heterocycles. The number of nitrogens with zero attached hydrogens (tertiary/aromatic N) is 1. The lowest BCUT2D eigenvalue weighted by atomic mass is 9.64. The molecule has 53 heavy (non-hydrogen) atoms. The average molecular weight is 681 g/mol. The van der Waals surface area contributed by atoms with E-state index in [1.54, 1.807) is 0 Å². The second kappa shape index (κ2) is 12.4. The maximum Gasteiger partial charge on any atom is 0.127 e. The molecule has 7 aromatic carbocycles. The van der Waals surface area contributed by atoms with Gasteiger partial charge in [0.25, 0.3) is 0 Å². The molecule has 7 aromatic rings. The van der Waals surface area contributed by atoms with E-state index < -0.39 is 5.41 Å². The monoisotopic (exact) mass is 680 g/mol. The Labute approximate surface area is 309 Å². The van der Waals surface area contributed by atoms with E-state index in [-0.39, 0.29) is 6.17 Å². The van der Waals surface area contributed by atoms with E-state index in [2.05, 4.69) is 198 Å². The van der Waals surface area contributed by atoms with Crippen molar-refractivity contribution in [3.63, 3.8) is 0 Å². The summed E-state index contributed by atoms with van der Waals surface area (Å²) in [5, 5.41) is 16.8. The number of nitrogens with one attached hydrogen (secondary N) is 3. The predicted molar refractivity (Wildman–Crippen MR) is 218 cm³/mol. The van der Waals surface area contributed by atoms with Crippen LogP contribution in [0.25, 0.3) is 22.3 Å². The van der Waals surface area contributed by atoms with Crippen molar-refractivity contribution in [1.29, 1.82) is 5.41 Å². The molecular formula is C49H36N4. The minimum absolute atomic E-state index is 0.299. The first kappa shape index (κ1) is 30.9. The van der Waals surface area contributed by atoms with E-state index in [1.807, 2.05) is 12.1 Å². The molecule has 0 bridgehead atoms. The molecule has 252 valence electrons. The largest absolute Gasteiger partial charge is 0.367 e. The maximum absolute atomic E-state index is 9.59. The Morgan fingerprint density at radius 3 is 1.77 bits per heavy atom. The van der Waals surface area contributed by atoms with Crippen LogP contribution >= 0.6 is 0 Å². The fourth-order valence-corrected chi connectivity index (χ4v) is 8.70. The summed E-state index contributed by atoms with van der Waals surface area (Å²) in [6, 6.07) is 64.6. The lowest BCUT2D eigenvalue weighted by Gasteiger charge is -2.45. The SMILES string of the molecule is N=C(NC1NC=C(c2ccccc2)C=C1c1ccccc1)c1ccc2c(c1)C1(c3ccccc3-2)c2ccccc2N(c2ccccc2)c2ccccc21. The third-order valence-electron chi connectivity index (χ3n) is 11.0. The standard InChI is InChI=1S/C49H36N4/c50-47(52-48-40(34-18-6-2-7-19-34)30-36(32-51-48)33-16-4-1-5-17-33)35-28-29-39-38-22-10-11-23-41(38)49(44(39)31-35)42-24-12-14-26-45(42)53(37-20-8-3-9-21-37)46-27-15-13-25-43(46)49/h1-32,48,51H,(H2,50,52). The van der Waals surface area contributed by atoms with Crippen molar-refractivity contribution in [1.82, 2.24) is 10.6 Å². The van der Waals surface area contributed by atoms with Gasteiger partial charge in [-0.1, -0.05) is 152 Å². The van der Waals surface area contributed by atoms with Crippen molar-refractivity contribution in [2.75, 3.05) is 4.90 Å². The van der Waals surface area contributed by atoms with Gasteiger partial charge in [-0.2, -0.15) is 0 Å². The molecule has 0 aromatic heterocycles. The Kier molecular flexibility index (Phi) is 7.22. The minimum atomic E-state index is -0.577. The molecule has 3 N–H and O–H groups in total.